The molecule has 1 aliphatic carbocycles. The lowest BCUT2D eigenvalue weighted by atomic mass is 9.82. The average molecular weight is 239 g/mol. The van der Waals surface area contributed by atoms with Crippen molar-refractivity contribution in [3.8, 4) is 0 Å². The van der Waals surface area contributed by atoms with Crippen LogP contribution in [-0.4, -0.2) is 24.0 Å². The van der Waals surface area contributed by atoms with Gasteiger partial charge in [0.1, 0.15) is 5.69 Å². The normalized spacial score (nSPS) is 22.2. The number of carbonyl (C=O) groups excluding carboxylic acids is 1. The van der Waals surface area contributed by atoms with Crippen molar-refractivity contribution in [1.82, 2.24) is 4.98 Å². The molecule has 2 heterocycles. The van der Waals surface area contributed by atoms with Gasteiger partial charge in [-0.3, -0.25) is 4.79 Å². The minimum absolute atomic E-state index is 0.195. The van der Waals surface area contributed by atoms with E-state index >= 15 is 0 Å². The summed E-state index contributed by atoms with van der Waals surface area (Å²) < 4.78 is 10.7. The quantitative estimate of drug-likeness (QED) is 0.758. The highest BCUT2D eigenvalue weighted by Gasteiger charge is 2.29. The van der Waals surface area contributed by atoms with Crippen molar-refractivity contribution in [2.24, 2.45) is 5.92 Å². The monoisotopic (exact) mass is 239 g/mol. The summed E-state index contributed by atoms with van der Waals surface area (Å²) in [6, 6.07) is 0. The lowest BCUT2D eigenvalue weighted by Gasteiger charge is -2.22. The van der Waals surface area contributed by atoms with E-state index in [-0.39, 0.29) is 18.0 Å². The summed E-state index contributed by atoms with van der Waals surface area (Å²) >= 11 is 1.40. The molecular weight excluding hydrogens is 226 g/mol. The fourth-order valence-electron chi connectivity index (χ4n) is 1.88. The minimum atomic E-state index is -0.362. The van der Waals surface area contributed by atoms with Crippen molar-refractivity contribution in [2.45, 2.75) is 25.6 Å². The van der Waals surface area contributed by atoms with Gasteiger partial charge in [-0.05, 0) is 12.8 Å². The fourth-order valence-corrected chi connectivity index (χ4v) is 2.72. The van der Waals surface area contributed by atoms with E-state index in [1.165, 1.54) is 17.8 Å². The molecule has 2 aliphatic rings. The van der Waals surface area contributed by atoms with Gasteiger partial charge < -0.3 is 9.47 Å². The highest BCUT2D eigenvalue weighted by atomic mass is 32.1. The SMILES string of the molecule is O=C(c1nc(C2OCCO2)cs1)C1CCC1. The highest BCUT2D eigenvalue weighted by molar-refractivity contribution is 7.11. The van der Waals surface area contributed by atoms with Crippen LogP contribution in [0.2, 0.25) is 0 Å². The molecule has 1 aromatic heterocycles. The van der Waals surface area contributed by atoms with E-state index in [4.69, 9.17) is 9.47 Å². The number of nitrogens with zero attached hydrogens (tertiary/aromatic N) is 1. The third kappa shape index (κ3) is 1.79. The summed E-state index contributed by atoms with van der Waals surface area (Å²) in [5.41, 5.74) is 0.741. The smallest absolute Gasteiger partial charge is 0.202 e. The van der Waals surface area contributed by atoms with E-state index in [0.29, 0.717) is 18.2 Å². The molecule has 2 fully saturated rings. The maximum absolute atomic E-state index is 11.9. The average Bonchev–Trinajstić information content (AvgIpc) is 2.86. The molecule has 0 aromatic carbocycles. The van der Waals surface area contributed by atoms with Gasteiger partial charge in [0.05, 0.1) is 13.2 Å². The predicted octanol–water partition coefficient (Wildman–Crippen LogP) is 2.17. The van der Waals surface area contributed by atoms with Gasteiger partial charge in [-0.25, -0.2) is 4.98 Å². The van der Waals surface area contributed by atoms with Crippen molar-refractivity contribution in [3.05, 3.63) is 16.1 Å². The molecule has 0 N–H and O–H groups in total. The number of hydrogen-bond donors (Lipinski definition) is 0. The molecule has 4 nitrogen and oxygen atoms in total. The van der Waals surface area contributed by atoms with Crippen LogP contribution in [0.25, 0.3) is 0 Å². The van der Waals surface area contributed by atoms with Gasteiger partial charge >= 0.3 is 0 Å². The topological polar surface area (TPSA) is 48.4 Å². The zero-order chi connectivity index (χ0) is 11.0. The number of thiazole rings is 1. The highest BCUT2D eigenvalue weighted by Crippen LogP contribution is 2.32. The Bertz CT molecular complexity index is 394. The van der Waals surface area contributed by atoms with Crippen LogP contribution in [0.15, 0.2) is 5.38 Å². The molecule has 3 rings (SSSR count). The van der Waals surface area contributed by atoms with Gasteiger partial charge in [0.2, 0.25) is 6.29 Å². The molecule has 1 saturated carbocycles. The first-order valence-electron chi connectivity index (χ1n) is 5.57. The fraction of sp³-hybridized carbons (Fsp3) is 0.636. The van der Waals surface area contributed by atoms with E-state index in [0.717, 1.165) is 18.5 Å². The first-order valence-corrected chi connectivity index (χ1v) is 6.45. The van der Waals surface area contributed by atoms with E-state index in [1.54, 1.807) is 0 Å². The van der Waals surface area contributed by atoms with Crippen LogP contribution in [0.3, 0.4) is 0 Å². The zero-order valence-electron chi connectivity index (χ0n) is 8.85. The summed E-state index contributed by atoms with van der Waals surface area (Å²) in [7, 11) is 0. The van der Waals surface area contributed by atoms with Crippen molar-refractivity contribution in [3.63, 3.8) is 0 Å². The van der Waals surface area contributed by atoms with E-state index in [1.807, 2.05) is 5.38 Å². The van der Waals surface area contributed by atoms with Crippen molar-refractivity contribution < 1.29 is 14.3 Å². The Morgan fingerprint density at radius 2 is 2.12 bits per heavy atom. The van der Waals surface area contributed by atoms with Gasteiger partial charge in [-0.1, -0.05) is 6.42 Å². The Balaban J connectivity index is 1.73. The van der Waals surface area contributed by atoms with Crippen LogP contribution >= 0.6 is 11.3 Å². The second-order valence-corrected chi connectivity index (χ2v) is 5.00. The van der Waals surface area contributed by atoms with E-state index < -0.39 is 0 Å². The van der Waals surface area contributed by atoms with Crippen molar-refractivity contribution in [1.29, 1.82) is 0 Å². The van der Waals surface area contributed by atoms with Crippen LogP contribution in [0.1, 0.15) is 41.0 Å². The second kappa shape index (κ2) is 4.24. The molecule has 0 atom stereocenters. The number of hydrogen-bond acceptors (Lipinski definition) is 5. The maximum Gasteiger partial charge on any atom is 0.202 e. The van der Waals surface area contributed by atoms with Gasteiger partial charge in [0.25, 0.3) is 0 Å². The summed E-state index contributed by atoms with van der Waals surface area (Å²) in [5, 5.41) is 2.47. The summed E-state index contributed by atoms with van der Waals surface area (Å²) in [4.78, 5) is 16.2. The lowest BCUT2D eigenvalue weighted by Crippen LogP contribution is -2.21. The van der Waals surface area contributed by atoms with Crippen LogP contribution in [-0.2, 0) is 9.47 Å². The standard InChI is InChI=1S/C11H13NO3S/c13-9(7-2-1-3-7)10-12-8(6-16-10)11-14-4-5-15-11/h6-7,11H,1-5H2. The van der Waals surface area contributed by atoms with Crippen LogP contribution in [0.5, 0.6) is 0 Å². The molecule has 0 unspecified atom stereocenters. The third-order valence-electron chi connectivity index (χ3n) is 3.07. The first-order chi connectivity index (χ1) is 7.84. The maximum atomic E-state index is 11.9. The Labute approximate surface area is 97.6 Å². The number of Topliss-reactive ketones (excluding diaryl/α,β-unsaturated/α-hetero) is 1. The second-order valence-electron chi connectivity index (χ2n) is 4.14. The van der Waals surface area contributed by atoms with Crippen molar-refractivity contribution in [2.75, 3.05) is 13.2 Å². The molecule has 86 valence electrons. The largest absolute Gasteiger partial charge is 0.345 e. The number of aromatic nitrogens is 1. The third-order valence-corrected chi connectivity index (χ3v) is 3.95. The number of ether oxygens (including phenoxy) is 2. The number of carbonyl (C=O) groups is 1. The van der Waals surface area contributed by atoms with Gasteiger partial charge in [0.15, 0.2) is 10.8 Å². The zero-order valence-corrected chi connectivity index (χ0v) is 9.66. The Hall–Kier alpha value is -0.780. The van der Waals surface area contributed by atoms with Gasteiger partial charge in [-0.15, -0.1) is 11.3 Å². The predicted molar refractivity (Wildman–Crippen MR) is 58.4 cm³/mol. The number of rotatable bonds is 3. The first kappa shape index (κ1) is 10.4. The van der Waals surface area contributed by atoms with Crippen LogP contribution in [0.4, 0.5) is 0 Å². The molecule has 1 aliphatic heterocycles. The summed E-state index contributed by atoms with van der Waals surface area (Å²) in [6.45, 7) is 1.21. The van der Waals surface area contributed by atoms with Crippen molar-refractivity contribution >= 4 is 17.1 Å². The molecule has 0 bridgehead atoms. The van der Waals surface area contributed by atoms with E-state index in [9.17, 15) is 4.79 Å². The Morgan fingerprint density at radius 1 is 1.38 bits per heavy atom. The molecule has 16 heavy (non-hydrogen) atoms. The molecule has 1 aromatic rings. The molecule has 0 amide bonds. The Kier molecular flexibility index (Phi) is 2.75. The van der Waals surface area contributed by atoms with Gasteiger partial charge in [-0.2, -0.15) is 0 Å². The summed E-state index contributed by atoms with van der Waals surface area (Å²) in [6.07, 6.45) is 2.84. The minimum Gasteiger partial charge on any atom is -0.345 e. The molecule has 0 radical (unpaired) electrons. The van der Waals surface area contributed by atoms with Gasteiger partial charge in [0, 0.05) is 11.3 Å². The molecular formula is C11H13NO3S. The molecule has 5 heteroatoms. The molecule has 1 saturated heterocycles. The lowest BCUT2D eigenvalue weighted by molar-refractivity contribution is -0.0469. The van der Waals surface area contributed by atoms with E-state index in [2.05, 4.69) is 4.98 Å². The number of ketones is 1. The van der Waals surface area contributed by atoms with Crippen LogP contribution < -0.4 is 0 Å². The summed E-state index contributed by atoms with van der Waals surface area (Å²) in [5.74, 6) is 0.407. The Morgan fingerprint density at radius 3 is 2.75 bits per heavy atom. The molecule has 0 spiro atoms. The van der Waals surface area contributed by atoms with Crippen LogP contribution in [0, 0.1) is 5.92 Å².